The number of halogens is 1. The maximum atomic E-state index is 6.03. The van der Waals surface area contributed by atoms with E-state index >= 15 is 0 Å². The number of para-hydroxylation sites is 1. The summed E-state index contributed by atoms with van der Waals surface area (Å²) < 4.78 is 5.77. The molecule has 152 valence electrons. The number of nitrogens with two attached hydrogens (primary N) is 1. The molecule has 1 aliphatic heterocycles. The molecule has 0 amide bonds. The van der Waals surface area contributed by atoms with Gasteiger partial charge >= 0.3 is 0 Å². The molecule has 28 heavy (non-hydrogen) atoms. The maximum Gasteiger partial charge on any atom is 0.188 e. The molecular formula is C22H31IN4O. The Hall–Kier alpha value is -1.80. The highest BCUT2D eigenvalue weighted by atomic mass is 127. The van der Waals surface area contributed by atoms with Crippen LogP contribution in [0.25, 0.3) is 0 Å². The van der Waals surface area contributed by atoms with Crippen molar-refractivity contribution in [2.24, 2.45) is 10.7 Å². The van der Waals surface area contributed by atoms with Gasteiger partial charge in [-0.2, -0.15) is 0 Å². The SMILES string of the molecule is CCN1CCCC1CNC(N)=NCc1ccc(COc2ccccc2)cc1.I. The fraction of sp³-hybridized carbons (Fsp3) is 0.409. The van der Waals surface area contributed by atoms with Gasteiger partial charge in [-0.25, -0.2) is 4.99 Å². The molecule has 2 aromatic carbocycles. The zero-order chi connectivity index (χ0) is 18.9. The highest BCUT2D eigenvalue weighted by Gasteiger charge is 2.22. The minimum Gasteiger partial charge on any atom is -0.489 e. The predicted molar refractivity (Wildman–Crippen MR) is 126 cm³/mol. The highest BCUT2D eigenvalue weighted by molar-refractivity contribution is 14.0. The van der Waals surface area contributed by atoms with Crippen molar-refractivity contribution in [2.75, 3.05) is 19.6 Å². The zero-order valence-corrected chi connectivity index (χ0v) is 18.8. The van der Waals surface area contributed by atoms with Crippen LogP contribution in [0.4, 0.5) is 0 Å². The topological polar surface area (TPSA) is 62.9 Å². The van der Waals surface area contributed by atoms with Crippen LogP contribution in [0.3, 0.4) is 0 Å². The Kier molecular flexibility index (Phi) is 9.57. The summed E-state index contributed by atoms with van der Waals surface area (Å²) in [4.78, 5) is 6.96. The third-order valence-electron chi connectivity index (χ3n) is 5.03. The van der Waals surface area contributed by atoms with E-state index in [1.54, 1.807) is 0 Å². The summed E-state index contributed by atoms with van der Waals surface area (Å²) in [6, 6.07) is 18.7. The van der Waals surface area contributed by atoms with Gasteiger partial charge in [0, 0.05) is 12.6 Å². The van der Waals surface area contributed by atoms with E-state index in [2.05, 4.69) is 46.4 Å². The number of nitrogens with one attached hydrogen (secondary N) is 1. The predicted octanol–water partition coefficient (Wildman–Crippen LogP) is 3.77. The number of guanidine groups is 1. The van der Waals surface area contributed by atoms with E-state index in [-0.39, 0.29) is 24.0 Å². The second kappa shape index (κ2) is 11.9. The van der Waals surface area contributed by atoms with Gasteiger partial charge in [0.25, 0.3) is 0 Å². The first-order valence-electron chi connectivity index (χ1n) is 9.78. The zero-order valence-electron chi connectivity index (χ0n) is 16.5. The van der Waals surface area contributed by atoms with E-state index in [4.69, 9.17) is 10.5 Å². The van der Waals surface area contributed by atoms with Crippen molar-refractivity contribution >= 4 is 29.9 Å². The molecule has 6 heteroatoms. The number of rotatable bonds is 8. The van der Waals surface area contributed by atoms with Crippen LogP contribution in [0, 0.1) is 0 Å². The molecule has 1 heterocycles. The first kappa shape index (κ1) is 22.5. The average molecular weight is 494 g/mol. The summed E-state index contributed by atoms with van der Waals surface area (Å²) in [6.45, 7) is 6.53. The normalized spacial score (nSPS) is 17.2. The second-order valence-electron chi connectivity index (χ2n) is 6.93. The van der Waals surface area contributed by atoms with Gasteiger partial charge in [-0.1, -0.05) is 49.4 Å². The van der Waals surface area contributed by atoms with Crippen LogP contribution in [0.2, 0.25) is 0 Å². The molecule has 3 rings (SSSR count). The van der Waals surface area contributed by atoms with Crippen molar-refractivity contribution in [3.8, 4) is 5.75 Å². The number of nitrogens with zero attached hydrogens (tertiary/aromatic N) is 2. The Morgan fingerprint density at radius 3 is 2.57 bits per heavy atom. The van der Waals surface area contributed by atoms with Crippen molar-refractivity contribution in [1.82, 2.24) is 10.2 Å². The van der Waals surface area contributed by atoms with E-state index in [9.17, 15) is 0 Å². The summed E-state index contributed by atoms with van der Waals surface area (Å²) >= 11 is 0. The number of benzene rings is 2. The molecule has 0 bridgehead atoms. The summed E-state index contributed by atoms with van der Waals surface area (Å²) in [7, 11) is 0. The van der Waals surface area contributed by atoms with E-state index in [1.165, 1.54) is 19.4 Å². The van der Waals surface area contributed by atoms with Crippen LogP contribution in [-0.2, 0) is 13.2 Å². The van der Waals surface area contributed by atoms with Crippen molar-refractivity contribution in [3.05, 3.63) is 65.7 Å². The standard InChI is InChI=1S/C22H30N4O.HI/c1-2-26-14-6-7-20(26)16-25-22(23)24-15-18-10-12-19(13-11-18)17-27-21-8-4-3-5-9-21;/h3-5,8-13,20H,2,6-7,14-17H2,1H3,(H3,23,24,25);1H. The second-order valence-corrected chi connectivity index (χ2v) is 6.93. The van der Waals surface area contributed by atoms with Crippen molar-refractivity contribution in [2.45, 2.75) is 39.0 Å². The van der Waals surface area contributed by atoms with E-state index in [1.807, 2.05) is 30.3 Å². The van der Waals surface area contributed by atoms with Gasteiger partial charge in [0.1, 0.15) is 12.4 Å². The maximum absolute atomic E-state index is 6.03. The number of hydrogen-bond donors (Lipinski definition) is 2. The lowest BCUT2D eigenvalue weighted by Crippen LogP contribution is -2.42. The Labute approximate surface area is 185 Å². The van der Waals surface area contributed by atoms with Gasteiger partial charge < -0.3 is 15.8 Å². The van der Waals surface area contributed by atoms with E-state index in [0.29, 0.717) is 25.2 Å². The number of likely N-dealkylation sites (tertiary alicyclic amines) is 1. The van der Waals surface area contributed by atoms with Crippen LogP contribution < -0.4 is 15.8 Å². The molecule has 0 aromatic heterocycles. The van der Waals surface area contributed by atoms with Crippen LogP contribution in [0.1, 0.15) is 30.9 Å². The minimum atomic E-state index is 0. The molecule has 3 N–H and O–H groups in total. The first-order chi connectivity index (χ1) is 13.2. The van der Waals surface area contributed by atoms with Crippen molar-refractivity contribution in [1.29, 1.82) is 0 Å². The van der Waals surface area contributed by atoms with Gasteiger partial charge in [-0.15, -0.1) is 24.0 Å². The molecule has 1 unspecified atom stereocenters. The average Bonchev–Trinajstić information content (AvgIpc) is 3.18. The molecule has 0 spiro atoms. The molecular weight excluding hydrogens is 463 g/mol. The largest absolute Gasteiger partial charge is 0.489 e. The quantitative estimate of drug-likeness (QED) is 0.333. The molecule has 2 aromatic rings. The molecule has 1 aliphatic rings. The number of likely N-dealkylation sites (N-methyl/N-ethyl adjacent to an activating group) is 1. The van der Waals surface area contributed by atoms with Gasteiger partial charge in [0.05, 0.1) is 6.54 Å². The van der Waals surface area contributed by atoms with Crippen molar-refractivity contribution in [3.63, 3.8) is 0 Å². The van der Waals surface area contributed by atoms with E-state index in [0.717, 1.165) is 30.0 Å². The molecule has 0 radical (unpaired) electrons. The molecule has 1 fully saturated rings. The third kappa shape index (κ3) is 6.98. The number of aliphatic imine (C=N–C) groups is 1. The Balaban J connectivity index is 0.00000280. The summed E-state index contributed by atoms with van der Waals surface area (Å²) in [5.41, 5.74) is 8.30. The molecule has 1 atom stereocenters. The van der Waals surface area contributed by atoms with Crippen LogP contribution >= 0.6 is 24.0 Å². The van der Waals surface area contributed by atoms with E-state index < -0.39 is 0 Å². The Bertz CT molecular complexity index is 721. The minimum absolute atomic E-state index is 0. The number of ether oxygens (including phenoxy) is 1. The lowest BCUT2D eigenvalue weighted by molar-refractivity contribution is 0.267. The first-order valence-corrected chi connectivity index (χ1v) is 9.78. The van der Waals surface area contributed by atoms with Gasteiger partial charge in [-0.3, -0.25) is 4.90 Å². The summed E-state index contributed by atoms with van der Waals surface area (Å²) in [5.74, 6) is 1.41. The molecule has 0 saturated carbocycles. The third-order valence-corrected chi connectivity index (χ3v) is 5.03. The van der Waals surface area contributed by atoms with Gasteiger partial charge in [0.2, 0.25) is 0 Å². The van der Waals surface area contributed by atoms with Crippen LogP contribution in [0.5, 0.6) is 5.75 Å². The fourth-order valence-corrected chi connectivity index (χ4v) is 3.42. The molecule has 0 aliphatic carbocycles. The molecule has 5 nitrogen and oxygen atoms in total. The van der Waals surface area contributed by atoms with Gasteiger partial charge in [0.15, 0.2) is 5.96 Å². The Morgan fingerprint density at radius 1 is 1.14 bits per heavy atom. The van der Waals surface area contributed by atoms with Gasteiger partial charge in [-0.05, 0) is 49.2 Å². The lowest BCUT2D eigenvalue weighted by Gasteiger charge is -2.23. The Morgan fingerprint density at radius 2 is 1.86 bits per heavy atom. The molecule has 1 saturated heterocycles. The van der Waals surface area contributed by atoms with Crippen LogP contribution in [-0.4, -0.2) is 36.5 Å². The monoisotopic (exact) mass is 494 g/mol. The lowest BCUT2D eigenvalue weighted by atomic mass is 10.1. The van der Waals surface area contributed by atoms with Crippen molar-refractivity contribution < 1.29 is 4.74 Å². The fourth-order valence-electron chi connectivity index (χ4n) is 3.42. The number of hydrogen-bond acceptors (Lipinski definition) is 3. The highest BCUT2D eigenvalue weighted by Crippen LogP contribution is 2.15. The van der Waals surface area contributed by atoms with Crippen LogP contribution in [0.15, 0.2) is 59.6 Å². The smallest absolute Gasteiger partial charge is 0.188 e. The summed E-state index contributed by atoms with van der Waals surface area (Å²) in [6.07, 6.45) is 2.51. The summed E-state index contributed by atoms with van der Waals surface area (Å²) in [5, 5.41) is 3.28.